The van der Waals surface area contributed by atoms with Crippen LogP contribution in [-0.2, 0) is 4.79 Å². The van der Waals surface area contributed by atoms with Gasteiger partial charge in [-0.05, 0) is 50.1 Å². The van der Waals surface area contributed by atoms with Crippen molar-refractivity contribution >= 4 is 44.2 Å². The van der Waals surface area contributed by atoms with Crippen LogP contribution in [0.15, 0.2) is 48.5 Å². The third kappa shape index (κ3) is 4.40. The van der Waals surface area contributed by atoms with E-state index >= 15 is 0 Å². The molecule has 1 aromatic heterocycles. The summed E-state index contributed by atoms with van der Waals surface area (Å²) in [6.45, 7) is 4.08. The number of thiazole rings is 1. The van der Waals surface area contributed by atoms with Crippen LogP contribution in [0.2, 0.25) is 0 Å². The van der Waals surface area contributed by atoms with Crippen LogP contribution in [0.1, 0.15) is 30.1 Å². The van der Waals surface area contributed by atoms with Crippen LogP contribution in [0.25, 0.3) is 10.2 Å². The molecule has 1 saturated heterocycles. The number of anilines is 2. The summed E-state index contributed by atoms with van der Waals surface area (Å²) < 4.78 is 1.19. The minimum atomic E-state index is -0.132. The number of hydrogen-bond acceptors (Lipinski definition) is 5. The summed E-state index contributed by atoms with van der Waals surface area (Å²) in [5.41, 5.74) is 2.24. The predicted molar refractivity (Wildman–Crippen MR) is 118 cm³/mol. The van der Waals surface area contributed by atoms with Gasteiger partial charge in [-0.1, -0.05) is 29.5 Å². The monoisotopic (exact) mass is 408 g/mol. The Hall–Kier alpha value is -2.93. The SMILES string of the molecule is CCNC(=O)c1cccc(NC(=O)C2CCN(c3nc4ccccc4s3)CC2)c1. The Bertz CT molecular complexity index is 991. The molecule has 6 nitrogen and oxygen atoms in total. The number of hydrogen-bond donors (Lipinski definition) is 2. The highest BCUT2D eigenvalue weighted by molar-refractivity contribution is 7.22. The second-order valence-corrected chi connectivity index (χ2v) is 8.16. The van der Waals surface area contributed by atoms with Crippen LogP contribution in [0, 0.1) is 5.92 Å². The van der Waals surface area contributed by atoms with E-state index in [2.05, 4.69) is 21.6 Å². The van der Waals surface area contributed by atoms with E-state index in [1.807, 2.05) is 31.2 Å². The molecule has 29 heavy (non-hydrogen) atoms. The maximum Gasteiger partial charge on any atom is 0.251 e. The molecule has 0 bridgehead atoms. The molecule has 1 aliphatic rings. The quantitative estimate of drug-likeness (QED) is 0.671. The molecule has 1 aliphatic heterocycles. The van der Waals surface area contributed by atoms with Crippen molar-refractivity contribution in [3.63, 3.8) is 0 Å². The van der Waals surface area contributed by atoms with Gasteiger partial charge in [0, 0.05) is 36.8 Å². The number of nitrogens with one attached hydrogen (secondary N) is 2. The van der Waals surface area contributed by atoms with Crippen molar-refractivity contribution in [3.05, 3.63) is 54.1 Å². The first-order chi connectivity index (χ1) is 14.1. The van der Waals surface area contributed by atoms with Gasteiger partial charge in [0.05, 0.1) is 10.2 Å². The molecule has 4 rings (SSSR count). The highest BCUT2D eigenvalue weighted by Gasteiger charge is 2.26. The lowest BCUT2D eigenvalue weighted by atomic mass is 9.96. The Balaban J connectivity index is 1.35. The summed E-state index contributed by atoms with van der Waals surface area (Å²) in [4.78, 5) is 31.7. The van der Waals surface area contributed by atoms with Gasteiger partial charge in [-0.2, -0.15) is 0 Å². The second kappa shape index (κ2) is 8.61. The molecule has 0 unspecified atom stereocenters. The van der Waals surface area contributed by atoms with Gasteiger partial charge in [0.1, 0.15) is 0 Å². The number of benzene rings is 2. The summed E-state index contributed by atoms with van der Waals surface area (Å²) in [5.74, 6) is -0.150. The third-order valence-electron chi connectivity index (χ3n) is 5.15. The number of amides is 2. The number of aromatic nitrogens is 1. The Kier molecular flexibility index (Phi) is 5.76. The fourth-order valence-corrected chi connectivity index (χ4v) is 4.59. The lowest BCUT2D eigenvalue weighted by molar-refractivity contribution is -0.120. The highest BCUT2D eigenvalue weighted by Crippen LogP contribution is 2.31. The Labute approximate surface area is 173 Å². The maximum absolute atomic E-state index is 12.7. The topological polar surface area (TPSA) is 74.3 Å². The third-order valence-corrected chi connectivity index (χ3v) is 6.25. The fraction of sp³-hybridized carbons (Fsp3) is 0.318. The average Bonchev–Trinajstić information content (AvgIpc) is 3.18. The summed E-state index contributed by atoms with van der Waals surface area (Å²) in [6.07, 6.45) is 1.58. The van der Waals surface area contributed by atoms with Gasteiger partial charge < -0.3 is 15.5 Å². The molecule has 0 radical (unpaired) electrons. The molecule has 0 atom stereocenters. The smallest absolute Gasteiger partial charge is 0.251 e. The molecule has 2 heterocycles. The highest BCUT2D eigenvalue weighted by atomic mass is 32.1. The molecule has 3 aromatic rings. The predicted octanol–water partition coefficient (Wildman–Crippen LogP) is 3.90. The summed E-state index contributed by atoms with van der Waals surface area (Å²) in [6, 6.07) is 15.2. The van der Waals surface area contributed by atoms with Gasteiger partial charge in [0.15, 0.2) is 5.13 Å². The van der Waals surface area contributed by atoms with Crippen molar-refractivity contribution in [1.29, 1.82) is 0 Å². The summed E-state index contributed by atoms with van der Waals surface area (Å²) in [5, 5.41) is 6.78. The Morgan fingerprint density at radius 2 is 1.93 bits per heavy atom. The first-order valence-electron chi connectivity index (χ1n) is 9.93. The molecule has 2 aromatic carbocycles. The van der Waals surface area contributed by atoms with Crippen LogP contribution < -0.4 is 15.5 Å². The van der Waals surface area contributed by atoms with Crippen molar-refractivity contribution in [1.82, 2.24) is 10.3 Å². The number of para-hydroxylation sites is 1. The molecule has 2 N–H and O–H groups in total. The lowest BCUT2D eigenvalue weighted by Gasteiger charge is -2.31. The van der Waals surface area contributed by atoms with Gasteiger partial charge in [-0.3, -0.25) is 9.59 Å². The van der Waals surface area contributed by atoms with Gasteiger partial charge in [-0.15, -0.1) is 0 Å². The number of fused-ring (bicyclic) bond motifs is 1. The van der Waals surface area contributed by atoms with Gasteiger partial charge in [0.2, 0.25) is 5.91 Å². The van der Waals surface area contributed by atoms with E-state index in [1.54, 1.807) is 29.5 Å². The zero-order valence-corrected chi connectivity index (χ0v) is 17.2. The zero-order chi connectivity index (χ0) is 20.2. The van der Waals surface area contributed by atoms with Crippen LogP contribution in [-0.4, -0.2) is 36.4 Å². The number of nitrogens with zero attached hydrogens (tertiary/aromatic N) is 2. The van der Waals surface area contributed by atoms with Crippen molar-refractivity contribution in [2.45, 2.75) is 19.8 Å². The normalized spacial score (nSPS) is 14.7. The van der Waals surface area contributed by atoms with E-state index in [0.717, 1.165) is 36.6 Å². The van der Waals surface area contributed by atoms with E-state index in [9.17, 15) is 9.59 Å². The van der Waals surface area contributed by atoms with Crippen molar-refractivity contribution in [2.24, 2.45) is 5.92 Å². The molecular weight excluding hydrogens is 384 g/mol. The van der Waals surface area contributed by atoms with Crippen molar-refractivity contribution in [3.8, 4) is 0 Å². The standard InChI is InChI=1S/C22H24N4O2S/c1-2-23-20(27)16-6-5-7-17(14-16)24-21(28)15-10-12-26(13-11-15)22-25-18-8-3-4-9-19(18)29-22/h3-9,14-15H,2,10-13H2,1H3,(H,23,27)(H,24,28). The van der Waals surface area contributed by atoms with E-state index in [1.165, 1.54) is 4.70 Å². The van der Waals surface area contributed by atoms with Gasteiger partial charge >= 0.3 is 0 Å². The molecule has 2 amide bonds. The molecule has 1 fully saturated rings. The summed E-state index contributed by atoms with van der Waals surface area (Å²) >= 11 is 1.70. The zero-order valence-electron chi connectivity index (χ0n) is 16.4. The molecule has 0 saturated carbocycles. The number of piperidine rings is 1. The minimum Gasteiger partial charge on any atom is -0.352 e. The van der Waals surface area contributed by atoms with Crippen LogP contribution in [0.5, 0.6) is 0 Å². The second-order valence-electron chi connectivity index (χ2n) is 7.15. The van der Waals surface area contributed by atoms with Crippen LogP contribution in [0.3, 0.4) is 0 Å². The Morgan fingerprint density at radius 3 is 2.69 bits per heavy atom. The minimum absolute atomic E-state index is 0.0157. The number of carbonyl (C=O) groups is 2. The van der Waals surface area contributed by atoms with Gasteiger partial charge in [-0.25, -0.2) is 4.98 Å². The van der Waals surface area contributed by atoms with E-state index in [0.29, 0.717) is 17.8 Å². The molecular formula is C22H24N4O2S. The fourth-order valence-electron chi connectivity index (χ4n) is 3.57. The van der Waals surface area contributed by atoms with E-state index in [-0.39, 0.29) is 17.7 Å². The maximum atomic E-state index is 12.7. The van der Waals surface area contributed by atoms with Crippen molar-refractivity contribution in [2.75, 3.05) is 29.9 Å². The largest absolute Gasteiger partial charge is 0.352 e. The molecule has 7 heteroatoms. The molecule has 150 valence electrons. The Morgan fingerprint density at radius 1 is 1.14 bits per heavy atom. The summed E-state index contributed by atoms with van der Waals surface area (Å²) in [7, 11) is 0. The lowest BCUT2D eigenvalue weighted by Crippen LogP contribution is -2.38. The number of carbonyl (C=O) groups excluding carboxylic acids is 2. The first-order valence-corrected chi connectivity index (χ1v) is 10.8. The first kappa shape index (κ1) is 19.4. The number of rotatable bonds is 5. The molecule has 0 spiro atoms. The van der Waals surface area contributed by atoms with Gasteiger partial charge in [0.25, 0.3) is 5.91 Å². The van der Waals surface area contributed by atoms with E-state index < -0.39 is 0 Å². The average molecular weight is 409 g/mol. The van der Waals surface area contributed by atoms with E-state index in [4.69, 9.17) is 4.98 Å². The molecule has 0 aliphatic carbocycles. The van der Waals surface area contributed by atoms with Crippen LogP contribution in [0.4, 0.5) is 10.8 Å². The van der Waals surface area contributed by atoms with Crippen molar-refractivity contribution < 1.29 is 9.59 Å². The van der Waals surface area contributed by atoms with Crippen LogP contribution >= 0.6 is 11.3 Å².